The number of thiophene rings is 1. The summed E-state index contributed by atoms with van der Waals surface area (Å²) in [6.07, 6.45) is 2.15. The van der Waals surface area contributed by atoms with Gasteiger partial charge in [-0.05, 0) is 43.9 Å². The van der Waals surface area contributed by atoms with Crippen LogP contribution < -0.4 is 15.8 Å². The number of nitrogen functional groups attached to an aromatic ring is 1. The summed E-state index contributed by atoms with van der Waals surface area (Å²) in [5.41, 5.74) is 6.79. The molecule has 3 aromatic rings. The minimum absolute atomic E-state index is 0.0110. The predicted molar refractivity (Wildman–Crippen MR) is 112 cm³/mol. The number of carboxylic acid groups (broad SMARTS) is 1. The van der Waals surface area contributed by atoms with Crippen molar-refractivity contribution in [3.8, 4) is 5.75 Å². The second-order valence-electron chi connectivity index (χ2n) is 7.30. The van der Waals surface area contributed by atoms with Gasteiger partial charge in [0.1, 0.15) is 33.2 Å². The van der Waals surface area contributed by atoms with E-state index < -0.39 is 17.9 Å². The molecule has 10 heteroatoms. The number of aromatic nitrogens is 2. The summed E-state index contributed by atoms with van der Waals surface area (Å²) in [5, 5.41) is 23.0. The fourth-order valence-corrected chi connectivity index (χ4v) is 4.71. The number of nitrogens with zero attached hydrogens (tertiary/aromatic N) is 2. The molecule has 0 bridgehead atoms. The van der Waals surface area contributed by atoms with Crippen LogP contribution in [0.25, 0.3) is 10.2 Å². The van der Waals surface area contributed by atoms with E-state index in [-0.39, 0.29) is 22.7 Å². The standard InChI is InChI=1S/C20H21FN4O4S/c1-9-15-17(24-20(22)25-18(15)30-16(9)19(27)28)23-13-6-5-10(21)7-14(13)29-12-4-2-3-11(26)8-12/h5-7,11-12,26H,2-4,8H2,1H3,(H,27,28)(H3,22,23,24,25). The van der Waals surface area contributed by atoms with Gasteiger partial charge in [0.25, 0.3) is 0 Å². The van der Waals surface area contributed by atoms with Gasteiger partial charge in [0, 0.05) is 12.5 Å². The predicted octanol–water partition coefficient (Wildman–Crippen LogP) is 3.85. The van der Waals surface area contributed by atoms with Crippen LogP contribution in [0.2, 0.25) is 0 Å². The SMILES string of the molecule is Cc1c(C(=O)O)sc2nc(N)nc(Nc3ccc(F)cc3OC3CCCC(O)C3)c12. The Morgan fingerprint density at radius 1 is 1.37 bits per heavy atom. The summed E-state index contributed by atoms with van der Waals surface area (Å²) in [4.78, 5) is 20.5. The molecule has 1 aliphatic carbocycles. The number of aliphatic hydroxyl groups excluding tert-OH is 1. The van der Waals surface area contributed by atoms with E-state index >= 15 is 0 Å². The fraction of sp³-hybridized carbons (Fsp3) is 0.350. The number of nitrogens with one attached hydrogen (secondary N) is 1. The van der Waals surface area contributed by atoms with Gasteiger partial charge < -0.3 is 26.0 Å². The largest absolute Gasteiger partial charge is 0.488 e. The number of carbonyl (C=O) groups is 1. The molecule has 1 aromatic carbocycles. The lowest BCUT2D eigenvalue weighted by molar-refractivity contribution is 0.0538. The molecule has 0 spiro atoms. The summed E-state index contributed by atoms with van der Waals surface area (Å²) in [5.74, 6) is -0.923. The number of fused-ring (bicyclic) bond motifs is 1. The highest BCUT2D eigenvalue weighted by molar-refractivity contribution is 7.20. The van der Waals surface area contributed by atoms with Gasteiger partial charge in [-0.25, -0.2) is 14.2 Å². The molecule has 2 unspecified atom stereocenters. The number of halogens is 1. The molecule has 30 heavy (non-hydrogen) atoms. The van der Waals surface area contributed by atoms with Crippen molar-refractivity contribution in [2.24, 2.45) is 0 Å². The molecule has 8 nitrogen and oxygen atoms in total. The third-order valence-electron chi connectivity index (χ3n) is 5.09. The van der Waals surface area contributed by atoms with Crippen LogP contribution in [0.1, 0.15) is 40.9 Å². The van der Waals surface area contributed by atoms with E-state index in [1.54, 1.807) is 6.92 Å². The van der Waals surface area contributed by atoms with Crippen LogP contribution in [0.3, 0.4) is 0 Å². The van der Waals surface area contributed by atoms with Gasteiger partial charge in [-0.3, -0.25) is 0 Å². The number of benzene rings is 1. The number of hydrogen-bond acceptors (Lipinski definition) is 8. The number of nitrogens with two attached hydrogens (primary N) is 1. The zero-order chi connectivity index (χ0) is 21.4. The van der Waals surface area contributed by atoms with Gasteiger partial charge in [-0.1, -0.05) is 0 Å². The van der Waals surface area contributed by atoms with Crippen LogP contribution in [0.5, 0.6) is 5.75 Å². The third-order valence-corrected chi connectivity index (χ3v) is 6.26. The number of aryl methyl sites for hydroxylation is 1. The van der Waals surface area contributed by atoms with Crippen LogP contribution >= 0.6 is 11.3 Å². The first kappa shape index (κ1) is 20.3. The highest BCUT2D eigenvalue weighted by atomic mass is 32.1. The van der Waals surface area contributed by atoms with E-state index in [0.717, 1.165) is 30.6 Å². The van der Waals surface area contributed by atoms with E-state index in [4.69, 9.17) is 10.5 Å². The Labute approximate surface area is 175 Å². The van der Waals surface area contributed by atoms with Crippen LogP contribution in [0.15, 0.2) is 18.2 Å². The van der Waals surface area contributed by atoms with E-state index in [0.29, 0.717) is 33.7 Å². The van der Waals surface area contributed by atoms with Crippen molar-refractivity contribution in [2.75, 3.05) is 11.1 Å². The maximum atomic E-state index is 13.9. The number of aromatic carboxylic acids is 1. The van der Waals surface area contributed by atoms with Gasteiger partial charge in [0.15, 0.2) is 0 Å². The molecule has 1 aliphatic rings. The Kier molecular flexibility index (Phi) is 5.44. The summed E-state index contributed by atoms with van der Waals surface area (Å²) in [6, 6.07) is 4.08. The molecule has 0 amide bonds. The average molecular weight is 432 g/mol. The zero-order valence-corrected chi connectivity index (χ0v) is 17.0. The van der Waals surface area contributed by atoms with Gasteiger partial charge in [-0.2, -0.15) is 4.98 Å². The van der Waals surface area contributed by atoms with Crippen molar-refractivity contribution in [3.05, 3.63) is 34.5 Å². The Morgan fingerprint density at radius 3 is 2.90 bits per heavy atom. The normalized spacial score (nSPS) is 19.0. The van der Waals surface area contributed by atoms with Gasteiger partial charge in [0.05, 0.1) is 17.2 Å². The first-order chi connectivity index (χ1) is 14.3. The van der Waals surface area contributed by atoms with Gasteiger partial charge in [0.2, 0.25) is 5.95 Å². The monoisotopic (exact) mass is 432 g/mol. The second kappa shape index (κ2) is 8.04. The molecular formula is C20H21FN4O4S. The van der Waals surface area contributed by atoms with Crippen molar-refractivity contribution < 1.29 is 24.1 Å². The Morgan fingerprint density at radius 2 is 2.17 bits per heavy atom. The summed E-state index contributed by atoms with van der Waals surface area (Å²) < 4.78 is 19.9. The van der Waals surface area contributed by atoms with Crippen LogP contribution in [-0.4, -0.2) is 38.4 Å². The number of rotatable bonds is 5. The lowest BCUT2D eigenvalue weighted by atomic mass is 9.95. The lowest BCUT2D eigenvalue weighted by Gasteiger charge is -2.27. The minimum Gasteiger partial charge on any atom is -0.488 e. The smallest absolute Gasteiger partial charge is 0.346 e. The minimum atomic E-state index is -1.05. The lowest BCUT2D eigenvalue weighted by Crippen LogP contribution is -2.28. The highest BCUT2D eigenvalue weighted by Gasteiger charge is 2.24. The summed E-state index contributed by atoms with van der Waals surface area (Å²) in [7, 11) is 0. The highest BCUT2D eigenvalue weighted by Crippen LogP contribution is 2.38. The number of hydrogen-bond donors (Lipinski definition) is 4. The van der Waals surface area contributed by atoms with E-state index in [1.807, 2.05) is 0 Å². The molecule has 2 heterocycles. The molecule has 1 saturated carbocycles. The molecule has 5 N–H and O–H groups in total. The van der Waals surface area contributed by atoms with Crippen LogP contribution in [0.4, 0.5) is 21.8 Å². The number of ether oxygens (including phenoxy) is 1. The van der Waals surface area contributed by atoms with Crippen molar-refractivity contribution in [2.45, 2.75) is 44.8 Å². The number of anilines is 3. The number of aliphatic hydroxyl groups is 1. The van der Waals surface area contributed by atoms with E-state index in [9.17, 15) is 19.4 Å². The molecule has 2 atom stereocenters. The van der Waals surface area contributed by atoms with E-state index in [1.165, 1.54) is 18.2 Å². The van der Waals surface area contributed by atoms with Crippen LogP contribution in [-0.2, 0) is 0 Å². The third kappa shape index (κ3) is 4.01. The molecule has 1 fully saturated rings. The van der Waals surface area contributed by atoms with Crippen molar-refractivity contribution >= 4 is 45.0 Å². The van der Waals surface area contributed by atoms with Gasteiger partial charge in [-0.15, -0.1) is 11.3 Å². The summed E-state index contributed by atoms with van der Waals surface area (Å²) in [6.45, 7) is 1.68. The van der Waals surface area contributed by atoms with Crippen molar-refractivity contribution in [1.29, 1.82) is 0 Å². The topological polar surface area (TPSA) is 131 Å². The maximum Gasteiger partial charge on any atom is 0.346 e. The second-order valence-corrected chi connectivity index (χ2v) is 8.30. The Balaban J connectivity index is 1.72. The molecule has 0 saturated heterocycles. The fourth-order valence-electron chi connectivity index (χ4n) is 3.68. The molecule has 158 valence electrons. The van der Waals surface area contributed by atoms with Gasteiger partial charge >= 0.3 is 5.97 Å². The Bertz CT molecular complexity index is 1120. The van der Waals surface area contributed by atoms with Crippen LogP contribution in [0, 0.1) is 12.7 Å². The molecule has 0 aliphatic heterocycles. The molecule has 4 rings (SSSR count). The zero-order valence-electron chi connectivity index (χ0n) is 16.2. The number of carboxylic acids is 1. The first-order valence-corrected chi connectivity index (χ1v) is 10.3. The molecule has 0 radical (unpaired) electrons. The average Bonchev–Trinajstić information content (AvgIpc) is 3.00. The molecular weight excluding hydrogens is 411 g/mol. The maximum absolute atomic E-state index is 13.9. The quantitative estimate of drug-likeness (QED) is 0.478. The van der Waals surface area contributed by atoms with Crippen molar-refractivity contribution in [3.63, 3.8) is 0 Å². The van der Waals surface area contributed by atoms with E-state index in [2.05, 4.69) is 15.3 Å². The summed E-state index contributed by atoms with van der Waals surface area (Å²) >= 11 is 1.02. The molecule has 2 aromatic heterocycles. The van der Waals surface area contributed by atoms with Crippen molar-refractivity contribution in [1.82, 2.24) is 9.97 Å². The Hall–Kier alpha value is -2.98. The first-order valence-electron chi connectivity index (χ1n) is 9.53.